The average molecular weight is 519 g/mol. The van der Waals surface area contributed by atoms with E-state index in [-0.39, 0.29) is 16.9 Å². The lowest BCUT2D eigenvalue weighted by molar-refractivity contribution is -0.140. The van der Waals surface area contributed by atoms with Crippen LogP contribution >= 0.6 is 0 Å². The van der Waals surface area contributed by atoms with Crippen molar-refractivity contribution in [2.75, 3.05) is 18.5 Å². The van der Waals surface area contributed by atoms with Gasteiger partial charge in [0.2, 0.25) is 5.91 Å². The molecule has 7 nitrogen and oxygen atoms in total. The molecule has 1 aliphatic rings. The molecule has 1 aliphatic heterocycles. The minimum absolute atomic E-state index is 0.00222. The predicted octanol–water partition coefficient (Wildman–Crippen LogP) is 4.57. The van der Waals surface area contributed by atoms with Gasteiger partial charge in [0.15, 0.2) is 0 Å². The Labute approximate surface area is 210 Å². The first kappa shape index (κ1) is 26.2. The number of alkyl halides is 3. The Morgan fingerprint density at radius 2 is 1.95 bits per heavy atom. The van der Waals surface area contributed by atoms with E-state index in [1.807, 2.05) is 6.92 Å². The minimum atomic E-state index is -4.88. The summed E-state index contributed by atoms with van der Waals surface area (Å²) in [5.41, 5.74) is -0.641. The standard InChI is InChI=1S/C26H26F4N4O3/c1-3-37-18-9-7-17(8-10-18)34-24(33-23-19(25(34)36)5-4-12-31-23)15(2)32-22(35)14-16-6-11-21(27)20(13-16)26(28,29)30/h6-11,13,15,31H,3-5,12,14H2,1-2H3,(H,32,35)/t15-/m1/s1. The smallest absolute Gasteiger partial charge is 0.419 e. The molecule has 2 heterocycles. The number of nitrogens with one attached hydrogen (secondary N) is 2. The van der Waals surface area contributed by atoms with Crippen LogP contribution in [0.25, 0.3) is 5.69 Å². The normalized spacial score (nSPS) is 13.9. The van der Waals surface area contributed by atoms with Gasteiger partial charge >= 0.3 is 6.18 Å². The summed E-state index contributed by atoms with van der Waals surface area (Å²) in [6, 6.07) is 8.55. The average Bonchev–Trinajstić information content (AvgIpc) is 2.85. The number of halogens is 4. The molecule has 2 aromatic carbocycles. The van der Waals surface area contributed by atoms with Gasteiger partial charge in [0, 0.05) is 6.54 Å². The molecule has 0 saturated carbocycles. The summed E-state index contributed by atoms with van der Waals surface area (Å²) in [6.07, 6.45) is -3.96. The van der Waals surface area contributed by atoms with Gasteiger partial charge in [0.05, 0.1) is 35.9 Å². The third-order valence-electron chi connectivity index (χ3n) is 5.97. The summed E-state index contributed by atoms with van der Waals surface area (Å²) in [5, 5.41) is 5.83. The van der Waals surface area contributed by atoms with Crippen molar-refractivity contribution in [3.63, 3.8) is 0 Å². The Kier molecular flexibility index (Phi) is 7.51. The van der Waals surface area contributed by atoms with Crippen molar-refractivity contribution in [2.24, 2.45) is 0 Å². The summed E-state index contributed by atoms with van der Waals surface area (Å²) in [6.45, 7) is 4.62. The molecule has 0 aliphatic carbocycles. The van der Waals surface area contributed by atoms with E-state index in [0.717, 1.165) is 12.5 Å². The van der Waals surface area contributed by atoms with Crippen molar-refractivity contribution in [3.8, 4) is 11.4 Å². The molecule has 3 aromatic rings. The number of fused-ring (bicyclic) bond motifs is 1. The number of ether oxygens (including phenoxy) is 1. The lowest BCUT2D eigenvalue weighted by Gasteiger charge is -2.24. The summed E-state index contributed by atoms with van der Waals surface area (Å²) in [4.78, 5) is 30.9. The fraction of sp³-hybridized carbons (Fsp3) is 0.346. The van der Waals surface area contributed by atoms with Crippen LogP contribution in [0.15, 0.2) is 47.3 Å². The molecule has 0 spiro atoms. The predicted molar refractivity (Wildman–Crippen MR) is 129 cm³/mol. The maximum atomic E-state index is 13.6. The van der Waals surface area contributed by atoms with Crippen molar-refractivity contribution in [1.82, 2.24) is 14.9 Å². The molecule has 1 amide bonds. The fourth-order valence-corrected chi connectivity index (χ4v) is 4.26. The number of nitrogens with zero attached hydrogens (tertiary/aromatic N) is 2. The van der Waals surface area contributed by atoms with Gasteiger partial charge in [0.1, 0.15) is 23.2 Å². The van der Waals surface area contributed by atoms with Gasteiger partial charge in [-0.1, -0.05) is 6.07 Å². The number of anilines is 1. The van der Waals surface area contributed by atoms with Gasteiger partial charge in [-0.2, -0.15) is 13.2 Å². The van der Waals surface area contributed by atoms with Gasteiger partial charge in [-0.3, -0.25) is 14.2 Å². The molecule has 0 bridgehead atoms. The molecule has 0 fully saturated rings. The van der Waals surface area contributed by atoms with Gasteiger partial charge in [-0.25, -0.2) is 9.37 Å². The van der Waals surface area contributed by atoms with Crippen LogP contribution in [0, 0.1) is 5.82 Å². The molecule has 196 valence electrons. The van der Waals surface area contributed by atoms with Crippen molar-refractivity contribution in [2.45, 2.75) is 45.3 Å². The molecule has 11 heteroatoms. The first-order chi connectivity index (χ1) is 17.6. The van der Waals surface area contributed by atoms with E-state index < -0.39 is 35.9 Å². The van der Waals surface area contributed by atoms with E-state index in [1.54, 1.807) is 31.2 Å². The van der Waals surface area contributed by atoms with Crippen LogP contribution in [-0.2, 0) is 23.8 Å². The third-order valence-corrected chi connectivity index (χ3v) is 5.97. The van der Waals surface area contributed by atoms with Gasteiger partial charge in [-0.05, 0) is 68.7 Å². The molecule has 0 radical (unpaired) electrons. The Morgan fingerprint density at radius 3 is 2.62 bits per heavy atom. The summed E-state index contributed by atoms with van der Waals surface area (Å²) in [7, 11) is 0. The maximum absolute atomic E-state index is 13.6. The largest absolute Gasteiger partial charge is 0.494 e. The summed E-state index contributed by atoms with van der Waals surface area (Å²) in [5.74, 6) is -0.679. The molecule has 4 rings (SSSR count). The second-order valence-corrected chi connectivity index (χ2v) is 8.67. The summed E-state index contributed by atoms with van der Waals surface area (Å²) >= 11 is 0. The van der Waals surface area contributed by atoms with Gasteiger partial charge in [-0.15, -0.1) is 0 Å². The van der Waals surface area contributed by atoms with Crippen LogP contribution in [0.2, 0.25) is 0 Å². The SMILES string of the molecule is CCOc1ccc(-n2c([C@@H](C)NC(=O)Cc3ccc(F)c(C(F)(F)F)c3)nc3c(c2=O)CCCN3)cc1. The number of hydrogen-bond donors (Lipinski definition) is 2. The Balaban J connectivity index is 1.64. The maximum Gasteiger partial charge on any atom is 0.419 e. The number of amides is 1. The number of aromatic nitrogens is 2. The quantitative estimate of drug-likeness (QED) is 0.448. The highest BCUT2D eigenvalue weighted by molar-refractivity contribution is 5.79. The molecular formula is C26H26F4N4O3. The van der Waals surface area contributed by atoms with E-state index in [1.165, 1.54) is 4.57 Å². The highest BCUT2D eigenvalue weighted by atomic mass is 19.4. The van der Waals surface area contributed by atoms with Crippen molar-refractivity contribution < 1.29 is 27.1 Å². The zero-order valence-electron chi connectivity index (χ0n) is 20.3. The zero-order chi connectivity index (χ0) is 26.7. The first-order valence-electron chi connectivity index (χ1n) is 11.9. The molecule has 0 unspecified atom stereocenters. The molecule has 0 saturated heterocycles. The zero-order valence-corrected chi connectivity index (χ0v) is 20.3. The van der Waals surface area contributed by atoms with Crippen LogP contribution in [0.5, 0.6) is 5.75 Å². The van der Waals surface area contributed by atoms with E-state index in [0.29, 0.717) is 54.5 Å². The Bertz CT molecular complexity index is 1350. The second kappa shape index (κ2) is 10.6. The molecule has 1 atom stereocenters. The second-order valence-electron chi connectivity index (χ2n) is 8.67. The van der Waals surface area contributed by atoms with Crippen LogP contribution < -0.4 is 20.9 Å². The number of carbonyl (C=O) groups excluding carboxylic acids is 1. The van der Waals surface area contributed by atoms with Crippen LogP contribution in [0.1, 0.15) is 48.8 Å². The highest BCUT2D eigenvalue weighted by Crippen LogP contribution is 2.32. The van der Waals surface area contributed by atoms with Crippen molar-refractivity contribution >= 4 is 11.7 Å². The number of rotatable bonds is 7. The van der Waals surface area contributed by atoms with Gasteiger partial charge < -0.3 is 15.4 Å². The summed E-state index contributed by atoms with van der Waals surface area (Å²) < 4.78 is 59.7. The third kappa shape index (κ3) is 5.76. The van der Waals surface area contributed by atoms with Gasteiger partial charge in [0.25, 0.3) is 5.56 Å². The lowest BCUT2D eigenvalue weighted by atomic mass is 10.1. The Hall–Kier alpha value is -3.89. The lowest BCUT2D eigenvalue weighted by Crippen LogP contribution is -2.36. The highest BCUT2D eigenvalue weighted by Gasteiger charge is 2.34. The van der Waals surface area contributed by atoms with Crippen LogP contribution in [0.3, 0.4) is 0 Å². The van der Waals surface area contributed by atoms with E-state index in [4.69, 9.17) is 4.74 Å². The van der Waals surface area contributed by atoms with E-state index in [2.05, 4.69) is 15.6 Å². The van der Waals surface area contributed by atoms with Crippen molar-refractivity contribution in [3.05, 3.63) is 81.2 Å². The van der Waals surface area contributed by atoms with Crippen LogP contribution in [0.4, 0.5) is 23.4 Å². The number of benzene rings is 2. The van der Waals surface area contributed by atoms with E-state index in [9.17, 15) is 27.2 Å². The fourth-order valence-electron chi connectivity index (χ4n) is 4.26. The van der Waals surface area contributed by atoms with E-state index >= 15 is 0 Å². The first-order valence-corrected chi connectivity index (χ1v) is 11.9. The molecule has 37 heavy (non-hydrogen) atoms. The topological polar surface area (TPSA) is 85.2 Å². The molecule has 1 aromatic heterocycles. The monoisotopic (exact) mass is 518 g/mol. The Morgan fingerprint density at radius 1 is 1.22 bits per heavy atom. The number of hydrogen-bond acceptors (Lipinski definition) is 5. The number of carbonyl (C=O) groups is 1. The van der Waals surface area contributed by atoms with Crippen molar-refractivity contribution in [1.29, 1.82) is 0 Å². The minimum Gasteiger partial charge on any atom is -0.494 e. The molecular weight excluding hydrogens is 492 g/mol. The van der Waals surface area contributed by atoms with Crippen LogP contribution in [-0.4, -0.2) is 28.6 Å². The molecule has 2 N–H and O–H groups in total.